The molecule has 0 aliphatic carbocycles. The predicted molar refractivity (Wildman–Crippen MR) is 76.1 cm³/mol. The minimum Gasteiger partial charge on any atom is -0.292 e. The number of carbonyl (C=O) groups excluding carboxylic acids is 1. The molecule has 0 radical (unpaired) electrons. The Balaban J connectivity index is 3.05. The van der Waals surface area contributed by atoms with E-state index >= 15 is 0 Å². The highest BCUT2D eigenvalue weighted by molar-refractivity contribution is 6.34. The number of ketones is 1. The number of nitrogens with zero attached hydrogens (tertiary/aromatic N) is 1. The first kappa shape index (κ1) is 15.9. The quantitative estimate of drug-likeness (QED) is 0.326. The molecule has 1 rings (SSSR count). The minimum atomic E-state index is -0.663. The van der Waals surface area contributed by atoms with Gasteiger partial charge >= 0.3 is 0 Å². The molecular formula is C13H15Cl2NO3. The maximum atomic E-state index is 12.2. The van der Waals surface area contributed by atoms with Gasteiger partial charge in [-0.05, 0) is 12.0 Å². The summed E-state index contributed by atoms with van der Waals surface area (Å²) in [6.07, 6.45) is 2.33. The zero-order chi connectivity index (χ0) is 14.4. The Morgan fingerprint density at radius 1 is 1.47 bits per heavy atom. The van der Waals surface area contributed by atoms with E-state index in [4.69, 9.17) is 23.2 Å². The molecule has 0 saturated heterocycles. The van der Waals surface area contributed by atoms with Gasteiger partial charge in [-0.2, -0.15) is 0 Å². The number of nitro benzene ring substituents is 1. The van der Waals surface area contributed by atoms with Crippen LogP contribution in [0, 0.1) is 10.1 Å². The highest BCUT2D eigenvalue weighted by Gasteiger charge is 2.22. The number of rotatable bonds is 7. The first-order valence-corrected chi connectivity index (χ1v) is 6.99. The summed E-state index contributed by atoms with van der Waals surface area (Å²) in [6.45, 7) is 2.01. The Hall–Kier alpha value is -1.13. The Morgan fingerprint density at radius 3 is 2.68 bits per heavy atom. The van der Waals surface area contributed by atoms with Gasteiger partial charge in [0.05, 0.1) is 10.3 Å². The molecular weight excluding hydrogens is 289 g/mol. The number of non-ortho nitro benzene ring substituents is 1. The van der Waals surface area contributed by atoms with Crippen LogP contribution in [0.1, 0.15) is 42.1 Å². The van der Waals surface area contributed by atoms with Gasteiger partial charge in [0, 0.05) is 23.6 Å². The molecule has 0 saturated carbocycles. The van der Waals surface area contributed by atoms with Crippen LogP contribution in [-0.2, 0) is 5.88 Å². The number of alkyl halides is 2. The average Bonchev–Trinajstić information content (AvgIpc) is 2.42. The van der Waals surface area contributed by atoms with Crippen LogP contribution in [0.15, 0.2) is 18.2 Å². The van der Waals surface area contributed by atoms with Crippen molar-refractivity contribution in [1.29, 1.82) is 0 Å². The second-order valence-corrected chi connectivity index (χ2v) is 5.00. The van der Waals surface area contributed by atoms with Crippen molar-refractivity contribution in [3.05, 3.63) is 39.4 Å². The zero-order valence-electron chi connectivity index (χ0n) is 10.6. The van der Waals surface area contributed by atoms with Gasteiger partial charge in [0.1, 0.15) is 0 Å². The van der Waals surface area contributed by atoms with Gasteiger partial charge in [-0.25, -0.2) is 0 Å². The van der Waals surface area contributed by atoms with Crippen LogP contribution in [0.4, 0.5) is 5.69 Å². The number of carbonyl (C=O) groups is 1. The van der Waals surface area contributed by atoms with Crippen LogP contribution >= 0.6 is 23.2 Å². The second-order valence-electron chi connectivity index (χ2n) is 4.21. The molecule has 0 aliphatic heterocycles. The van der Waals surface area contributed by atoms with Crippen molar-refractivity contribution in [2.75, 3.05) is 0 Å². The molecule has 6 heteroatoms. The number of halogens is 2. The summed E-state index contributed by atoms with van der Waals surface area (Å²) in [5.74, 6) is -0.175. The third kappa shape index (κ3) is 4.18. The van der Waals surface area contributed by atoms with E-state index in [0.29, 0.717) is 12.0 Å². The van der Waals surface area contributed by atoms with Gasteiger partial charge in [-0.1, -0.05) is 25.8 Å². The van der Waals surface area contributed by atoms with Crippen molar-refractivity contribution in [3.63, 3.8) is 0 Å². The lowest BCUT2D eigenvalue weighted by Gasteiger charge is -2.10. The number of benzene rings is 1. The lowest BCUT2D eigenvalue weighted by atomic mass is 9.99. The summed E-state index contributed by atoms with van der Waals surface area (Å²) >= 11 is 11.8. The molecule has 4 nitrogen and oxygen atoms in total. The van der Waals surface area contributed by atoms with Crippen LogP contribution < -0.4 is 0 Å². The minimum absolute atomic E-state index is 0.121. The van der Waals surface area contributed by atoms with Crippen LogP contribution in [0.3, 0.4) is 0 Å². The Bertz CT molecular complexity index is 477. The van der Waals surface area contributed by atoms with Gasteiger partial charge in [-0.15, -0.1) is 23.2 Å². The van der Waals surface area contributed by atoms with E-state index in [1.165, 1.54) is 18.2 Å². The molecule has 0 spiro atoms. The van der Waals surface area contributed by atoms with Crippen LogP contribution in [0.5, 0.6) is 0 Å². The highest BCUT2D eigenvalue weighted by Crippen LogP contribution is 2.23. The number of Topliss-reactive ketones (excluding diaryl/α,β-unsaturated/α-hetero) is 1. The van der Waals surface area contributed by atoms with Gasteiger partial charge < -0.3 is 0 Å². The maximum Gasteiger partial charge on any atom is 0.270 e. The Morgan fingerprint density at radius 2 is 2.16 bits per heavy atom. The maximum absolute atomic E-state index is 12.2. The Labute approximate surface area is 121 Å². The van der Waals surface area contributed by atoms with E-state index in [1.807, 2.05) is 6.92 Å². The Kier molecular flexibility index (Phi) is 6.25. The van der Waals surface area contributed by atoms with E-state index in [9.17, 15) is 14.9 Å². The summed E-state index contributed by atoms with van der Waals surface area (Å²) in [5.41, 5.74) is 0.691. The van der Waals surface area contributed by atoms with Crippen molar-refractivity contribution in [3.8, 4) is 0 Å². The molecule has 0 aromatic heterocycles. The predicted octanol–water partition coefficient (Wildman–Crippen LogP) is 4.31. The fourth-order valence-electron chi connectivity index (χ4n) is 1.71. The second kappa shape index (κ2) is 7.46. The van der Waals surface area contributed by atoms with E-state index in [2.05, 4.69) is 0 Å². The highest BCUT2D eigenvalue weighted by atomic mass is 35.5. The first-order chi connectivity index (χ1) is 9.01. The van der Waals surface area contributed by atoms with Gasteiger partial charge in [0.25, 0.3) is 5.69 Å². The van der Waals surface area contributed by atoms with Gasteiger partial charge in [0.15, 0.2) is 5.78 Å². The van der Waals surface area contributed by atoms with Crippen molar-refractivity contribution in [1.82, 2.24) is 0 Å². The van der Waals surface area contributed by atoms with Gasteiger partial charge in [0.2, 0.25) is 0 Å². The smallest absolute Gasteiger partial charge is 0.270 e. The number of hydrogen-bond acceptors (Lipinski definition) is 3. The molecule has 1 atom stereocenters. The largest absolute Gasteiger partial charge is 0.292 e. The lowest BCUT2D eigenvalue weighted by molar-refractivity contribution is -0.384. The van der Waals surface area contributed by atoms with Crippen LogP contribution in [-0.4, -0.2) is 16.1 Å². The van der Waals surface area contributed by atoms with Crippen LogP contribution in [0.25, 0.3) is 0 Å². The topological polar surface area (TPSA) is 60.2 Å². The number of hydrogen-bond donors (Lipinski definition) is 0. The van der Waals surface area contributed by atoms with Crippen molar-refractivity contribution >= 4 is 34.7 Å². The molecule has 0 fully saturated rings. The monoisotopic (exact) mass is 303 g/mol. The molecule has 1 aromatic rings. The van der Waals surface area contributed by atoms with Gasteiger partial charge in [-0.3, -0.25) is 14.9 Å². The van der Waals surface area contributed by atoms with Crippen molar-refractivity contribution in [2.24, 2.45) is 0 Å². The number of unbranched alkanes of at least 4 members (excludes halogenated alkanes) is 1. The van der Waals surface area contributed by atoms with Crippen molar-refractivity contribution < 1.29 is 9.72 Å². The molecule has 0 N–H and O–H groups in total. The molecule has 0 bridgehead atoms. The molecule has 0 aliphatic rings. The summed E-state index contributed by atoms with van der Waals surface area (Å²) in [5, 5.41) is 10.1. The van der Waals surface area contributed by atoms with Crippen molar-refractivity contribution in [2.45, 2.75) is 37.4 Å². The SMILES string of the molecule is CCCCC(Cl)C(=O)c1cc([N+](=O)[O-])ccc1CCl. The third-order valence-electron chi connectivity index (χ3n) is 2.81. The summed E-state index contributed by atoms with van der Waals surface area (Å²) in [4.78, 5) is 22.4. The van der Waals surface area contributed by atoms with E-state index < -0.39 is 10.3 Å². The molecule has 19 heavy (non-hydrogen) atoms. The average molecular weight is 304 g/mol. The molecule has 1 unspecified atom stereocenters. The van der Waals surface area contributed by atoms with Crippen LogP contribution in [0.2, 0.25) is 0 Å². The molecule has 104 valence electrons. The number of nitro groups is 1. The summed E-state index contributed by atoms with van der Waals surface area (Å²) < 4.78 is 0. The van der Waals surface area contributed by atoms with E-state index in [-0.39, 0.29) is 22.9 Å². The standard InChI is InChI=1S/C13H15Cl2NO3/c1-2-3-4-12(15)13(17)11-7-10(16(18)19)6-5-9(11)8-14/h5-7,12H,2-4,8H2,1H3. The fourth-order valence-corrected chi connectivity index (χ4v) is 2.21. The van der Waals surface area contributed by atoms with E-state index in [1.54, 1.807) is 0 Å². The zero-order valence-corrected chi connectivity index (χ0v) is 12.1. The first-order valence-electron chi connectivity index (χ1n) is 6.02. The molecule has 0 amide bonds. The summed E-state index contributed by atoms with van der Waals surface area (Å²) in [6, 6.07) is 4.09. The molecule has 0 heterocycles. The normalized spacial score (nSPS) is 12.2. The summed E-state index contributed by atoms with van der Waals surface area (Å²) in [7, 11) is 0. The third-order valence-corrected chi connectivity index (χ3v) is 3.51. The fraction of sp³-hybridized carbons (Fsp3) is 0.462. The molecule has 1 aromatic carbocycles. The van der Waals surface area contributed by atoms with E-state index in [0.717, 1.165) is 12.8 Å². The lowest BCUT2D eigenvalue weighted by Crippen LogP contribution is -2.16.